The van der Waals surface area contributed by atoms with Crippen LogP contribution in [0.1, 0.15) is 19.8 Å². The third kappa shape index (κ3) is 5.47. The van der Waals surface area contributed by atoms with Crippen LogP contribution in [0.4, 0.5) is 0 Å². The van der Waals surface area contributed by atoms with Gasteiger partial charge in [0.15, 0.2) is 11.5 Å². The summed E-state index contributed by atoms with van der Waals surface area (Å²) in [6.07, 6.45) is 1.60. The Hall–Kier alpha value is -1.55. The normalized spacial score (nSPS) is 18.6. The fourth-order valence-electron chi connectivity index (χ4n) is 3.00. The zero-order valence-corrected chi connectivity index (χ0v) is 16.9. The molecule has 2 aliphatic rings. The molecule has 152 valence electrons. The molecule has 0 saturated carbocycles. The second-order valence-electron chi connectivity index (χ2n) is 6.43. The molecule has 1 atom stereocenters. The van der Waals surface area contributed by atoms with Gasteiger partial charge in [-0.3, -0.25) is 4.79 Å². The van der Waals surface area contributed by atoms with Crippen molar-refractivity contribution in [3.8, 4) is 11.5 Å². The number of nitrogens with zero attached hydrogens (tertiary/aromatic N) is 1. The summed E-state index contributed by atoms with van der Waals surface area (Å²) >= 11 is 0. The van der Waals surface area contributed by atoms with E-state index in [1.165, 1.54) is 12.1 Å². The standard InChI is InChI=1S/C17H25N3O5S.ClH/c1-13(17(21)20-8-2-6-18-7-9-20)19-26(22,23)14-4-5-15-16(12-14)25-11-3-10-24-15;/h4-5,12-13,18-19H,2-3,6-11H2,1H3;1H. The summed E-state index contributed by atoms with van der Waals surface area (Å²) in [7, 11) is -3.85. The van der Waals surface area contributed by atoms with Crippen molar-refractivity contribution in [1.82, 2.24) is 14.9 Å². The van der Waals surface area contributed by atoms with Crippen LogP contribution in [0.25, 0.3) is 0 Å². The minimum Gasteiger partial charge on any atom is -0.490 e. The average molecular weight is 420 g/mol. The van der Waals surface area contributed by atoms with Crippen molar-refractivity contribution < 1.29 is 22.7 Å². The van der Waals surface area contributed by atoms with E-state index in [0.29, 0.717) is 44.3 Å². The van der Waals surface area contributed by atoms with Gasteiger partial charge in [-0.15, -0.1) is 12.4 Å². The van der Waals surface area contributed by atoms with Crippen molar-refractivity contribution in [1.29, 1.82) is 0 Å². The molecule has 0 radical (unpaired) electrons. The molecule has 10 heteroatoms. The van der Waals surface area contributed by atoms with E-state index in [9.17, 15) is 13.2 Å². The van der Waals surface area contributed by atoms with Gasteiger partial charge in [-0.1, -0.05) is 0 Å². The summed E-state index contributed by atoms with van der Waals surface area (Å²) in [5, 5.41) is 3.22. The number of hydrogen-bond donors (Lipinski definition) is 2. The van der Waals surface area contributed by atoms with Gasteiger partial charge in [0.1, 0.15) is 0 Å². The molecule has 1 fully saturated rings. The van der Waals surface area contributed by atoms with Gasteiger partial charge in [0.05, 0.1) is 24.2 Å². The van der Waals surface area contributed by atoms with E-state index in [0.717, 1.165) is 19.4 Å². The molecule has 0 aliphatic carbocycles. The molecule has 0 aromatic heterocycles. The minimum absolute atomic E-state index is 0. The van der Waals surface area contributed by atoms with Crippen LogP contribution in [-0.2, 0) is 14.8 Å². The molecule has 1 unspecified atom stereocenters. The molecular formula is C17H26ClN3O5S. The molecule has 1 amide bonds. The summed E-state index contributed by atoms with van der Waals surface area (Å²) < 4.78 is 38.9. The minimum atomic E-state index is -3.85. The van der Waals surface area contributed by atoms with E-state index in [4.69, 9.17) is 9.47 Å². The number of ether oxygens (including phenoxy) is 2. The van der Waals surface area contributed by atoms with E-state index in [1.54, 1.807) is 17.9 Å². The zero-order chi connectivity index (χ0) is 18.6. The van der Waals surface area contributed by atoms with Crippen LogP contribution in [-0.4, -0.2) is 64.7 Å². The van der Waals surface area contributed by atoms with E-state index >= 15 is 0 Å². The van der Waals surface area contributed by atoms with Gasteiger partial charge in [-0.25, -0.2) is 8.42 Å². The molecule has 8 nitrogen and oxygen atoms in total. The SMILES string of the molecule is CC(NS(=O)(=O)c1ccc2c(c1)OCCCO2)C(=O)N1CCCNCC1.Cl. The molecule has 2 aliphatic heterocycles. The first-order chi connectivity index (χ1) is 12.5. The smallest absolute Gasteiger partial charge is 0.241 e. The Morgan fingerprint density at radius 1 is 1.15 bits per heavy atom. The maximum absolute atomic E-state index is 12.7. The van der Waals surface area contributed by atoms with E-state index in [1.807, 2.05) is 0 Å². The van der Waals surface area contributed by atoms with E-state index in [-0.39, 0.29) is 23.2 Å². The van der Waals surface area contributed by atoms with Crippen molar-refractivity contribution in [3.63, 3.8) is 0 Å². The Bertz CT molecular complexity index is 751. The highest BCUT2D eigenvalue weighted by molar-refractivity contribution is 7.89. The Labute approximate surface area is 166 Å². The Morgan fingerprint density at radius 2 is 1.89 bits per heavy atom. The Balaban J connectivity index is 0.00000261. The van der Waals surface area contributed by atoms with Gasteiger partial charge in [-0.2, -0.15) is 4.72 Å². The van der Waals surface area contributed by atoms with Crippen LogP contribution < -0.4 is 19.5 Å². The summed E-state index contributed by atoms with van der Waals surface area (Å²) in [6.45, 7) is 5.36. The second kappa shape index (κ2) is 9.59. The Kier molecular flexibility index (Phi) is 7.72. The van der Waals surface area contributed by atoms with Crippen molar-refractivity contribution in [2.24, 2.45) is 0 Å². The quantitative estimate of drug-likeness (QED) is 0.747. The van der Waals surface area contributed by atoms with Crippen molar-refractivity contribution in [2.45, 2.75) is 30.7 Å². The summed E-state index contributed by atoms with van der Waals surface area (Å²) in [6, 6.07) is 3.65. The number of carbonyl (C=O) groups is 1. The molecular weight excluding hydrogens is 394 g/mol. The van der Waals surface area contributed by atoms with Gasteiger partial charge < -0.3 is 19.7 Å². The first kappa shape index (κ1) is 21.7. The number of fused-ring (bicyclic) bond motifs is 1. The number of halogens is 1. The van der Waals surface area contributed by atoms with Crippen LogP contribution in [0.2, 0.25) is 0 Å². The number of amides is 1. The van der Waals surface area contributed by atoms with Crippen LogP contribution in [0, 0.1) is 0 Å². The van der Waals surface area contributed by atoms with Crippen molar-refractivity contribution in [2.75, 3.05) is 39.4 Å². The zero-order valence-electron chi connectivity index (χ0n) is 15.3. The monoisotopic (exact) mass is 419 g/mol. The average Bonchev–Trinajstić information content (AvgIpc) is 3.02. The Morgan fingerprint density at radius 3 is 2.67 bits per heavy atom. The molecule has 1 saturated heterocycles. The van der Waals surface area contributed by atoms with Gasteiger partial charge in [0.2, 0.25) is 15.9 Å². The van der Waals surface area contributed by atoms with Crippen molar-refractivity contribution >= 4 is 28.3 Å². The fraction of sp³-hybridized carbons (Fsp3) is 0.588. The number of hydrogen-bond acceptors (Lipinski definition) is 6. The first-order valence-corrected chi connectivity index (χ1v) is 10.4. The van der Waals surface area contributed by atoms with E-state index < -0.39 is 16.1 Å². The third-order valence-corrected chi connectivity index (χ3v) is 5.92. The van der Waals surface area contributed by atoms with E-state index in [2.05, 4.69) is 10.0 Å². The molecule has 27 heavy (non-hydrogen) atoms. The van der Waals surface area contributed by atoms with Crippen molar-refractivity contribution in [3.05, 3.63) is 18.2 Å². The maximum atomic E-state index is 12.7. The molecule has 2 heterocycles. The highest BCUT2D eigenvalue weighted by atomic mass is 35.5. The largest absolute Gasteiger partial charge is 0.490 e. The number of rotatable bonds is 4. The predicted octanol–water partition coefficient (Wildman–Crippen LogP) is 0.758. The maximum Gasteiger partial charge on any atom is 0.241 e. The highest BCUT2D eigenvalue weighted by Gasteiger charge is 2.27. The summed E-state index contributed by atoms with van der Waals surface area (Å²) in [4.78, 5) is 14.3. The van der Waals surface area contributed by atoms with Gasteiger partial charge in [-0.05, 0) is 32.0 Å². The fourth-order valence-corrected chi connectivity index (χ4v) is 4.21. The molecule has 3 rings (SSSR count). The lowest BCUT2D eigenvalue weighted by Gasteiger charge is -2.24. The summed E-state index contributed by atoms with van der Waals surface area (Å²) in [5.74, 6) is 0.720. The number of sulfonamides is 1. The topological polar surface area (TPSA) is 97.0 Å². The number of nitrogens with one attached hydrogen (secondary N) is 2. The third-order valence-electron chi connectivity index (χ3n) is 4.38. The lowest BCUT2D eigenvalue weighted by atomic mass is 10.3. The lowest BCUT2D eigenvalue weighted by molar-refractivity contribution is -0.132. The number of carbonyl (C=O) groups excluding carboxylic acids is 1. The van der Waals surface area contributed by atoms with Gasteiger partial charge in [0.25, 0.3) is 0 Å². The predicted molar refractivity (Wildman–Crippen MR) is 103 cm³/mol. The molecule has 2 N–H and O–H groups in total. The molecule has 1 aromatic carbocycles. The highest BCUT2D eigenvalue weighted by Crippen LogP contribution is 2.31. The van der Waals surface area contributed by atoms with Crippen LogP contribution in [0.5, 0.6) is 11.5 Å². The van der Waals surface area contributed by atoms with Crippen LogP contribution in [0.15, 0.2) is 23.1 Å². The second-order valence-corrected chi connectivity index (χ2v) is 8.14. The molecule has 0 spiro atoms. The number of benzene rings is 1. The first-order valence-electron chi connectivity index (χ1n) is 8.89. The van der Waals surface area contributed by atoms with Gasteiger partial charge in [0, 0.05) is 32.1 Å². The van der Waals surface area contributed by atoms with Crippen LogP contribution in [0.3, 0.4) is 0 Å². The molecule has 0 bridgehead atoms. The summed E-state index contributed by atoms with van der Waals surface area (Å²) in [5.41, 5.74) is 0. The van der Waals surface area contributed by atoms with Gasteiger partial charge >= 0.3 is 0 Å². The molecule has 1 aromatic rings. The van der Waals surface area contributed by atoms with Crippen LogP contribution >= 0.6 is 12.4 Å². The lowest BCUT2D eigenvalue weighted by Crippen LogP contribution is -2.47.